The maximum absolute atomic E-state index is 11.5. The van der Waals surface area contributed by atoms with Crippen LogP contribution in [-0.4, -0.2) is 42.3 Å². The van der Waals surface area contributed by atoms with Gasteiger partial charge in [-0.2, -0.15) is 5.10 Å². The molecule has 5 nitrogen and oxygen atoms in total. The topological polar surface area (TPSA) is 53.9 Å². The minimum atomic E-state index is -0.253. The number of amides is 1. The van der Waals surface area contributed by atoms with E-state index in [1.807, 2.05) is 38.1 Å². The van der Waals surface area contributed by atoms with Crippen molar-refractivity contribution in [2.24, 2.45) is 10.5 Å². The van der Waals surface area contributed by atoms with E-state index in [9.17, 15) is 4.79 Å². The fourth-order valence-electron chi connectivity index (χ4n) is 3.74. The Morgan fingerprint density at radius 2 is 2.08 bits per heavy atom. The second-order valence-electron chi connectivity index (χ2n) is 7.81. The maximum atomic E-state index is 11.5. The molecule has 0 aliphatic carbocycles. The Balaban J connectivity index is 1.51. The maximum Gasteiger partial charge on any atom is 0.241 e. The zero-order chi connectivity index (χ0) is 17.9. The highest BCUT2D eigenvalue weighted by molar-refractivity contribution is 6.08. The Labute approximate surface area is 150 Å². The zero-order valence-electron chi connectivity index (χ0n) is 15.5. The summed E-state index contributed by atoms with van der Waals surface area (Å²) in [6.45, 7) is 9.49. The lowest BCUT2D eigenvalue weighted by Gasteiger charge is -2.29. The van der Waals surface area contributed by atoms with Gasteiger partial charge in [-0.05, 0) is 62.6 Å². The van der Waals surface area contributed by atoms with Crippen molar-refractivity contribution < 1.29 is 9.53 Å². The summed E-state index contributed by atoms with van der Waals surface area (Å²) in [6, 6.07) is 8.75. The van der Waals surface area contributed by atoms with Crippen molar-refractivity contribution in [2.75, 3.05) is 19.7 Å². The molecule has 0 aromatic heterocycles. The van der Waals surface area contributed by atoms with Crippen LogP contribution in [0.1, 0.15) is 52.0 Å². The number of ether oxygens (including phenoxy) is 1. The molecular weight excluding hydrogens is 314 g/mol. The average molecular weight is 343 g/mol. The van der Waals surface area contributed by atoms with Crippen molar-refractivity contribution in [1.29, 1.82) is 0 Å². The van der Waals surface area contributed by atoms with Crippen LogP contribution >= 0.6 is 0 Å². The number of carbonyl (C=O) groups is 1. The third-order valence-corrected chi connectivity index (χ3v) is 5.21. The molecule has 0 spiro atoms. The fraction of sp³-hybridized carbons (Fsp3) is 0.600. The van der Waals surface area contributed by atoms with E-state index in [0.717, 1.165) is 42.6 Å². The van der Waals surface area contributed by atoms with Gasteiger partial charge in [0.05, 0.1) is 12.3 Å². The van der Waals surface area contributed by atoms with Gasteiger partial charge in [0.1, 0.15) is 5.75 Å². The van der Waals surface area contributed by atoms with Gasteiger partial charge in [0.15, 0.2) is 0 Å². The van der Waals surface area contributed by atoms with Crippen LogP contribution in [-0.2, 0) is 4.79 Å². The molecule has 0 bridgehead atoms. The largest absolute Gasteiger partial charge is 0.494 e. The Kier molecular flexibility index (Phi) is 5.42. The molecule has 1 amide bonds. The quantitative estimate of drug-likeness (QED) is 0.807. The summed E-state index contributed by atoms with van der Waals surface area (Å²) in [5, 5.41) is 4.26. The number of hydrogen-bond donors (Lipinski definition) is 1. The average Bonchev–Trinajstić information content (AvgIpc) is 2.97. The summed E-state index contributed by atoms with van der Waals surface area (Å²) in [5.41, 5.74) is 4.28. The molecule has 1 saturated heterocycles. The molecule has 1 N–H and O–H groups in total. The van der Waals surface area contributed by atoms with E-state index < -0.39 is 0 Å². The number of nitrogens with zero attached hydrogens (tertiary/aromatic N) is 2. The second kappa shape index (κ2) is 7.56. The van der Waals surface area contributed by atoms with Crippen LogP contribution in [0.3, 0.4) is 0 Å². The number of nitrogens with one attached hydrogen (secondary N) is 1. The highest BCUT2D eigenvalue weighted by Crippen LogP contribution is 2.29. The number of hydrogen-bond acceptors (Lipinski definition) is 4. The third-order valence-electron chi connectivity index (χ3n) is 5.21. The minimum absolute atomic E-state index is 0.0268. The summed E-state index contributed by atoms with van der Waals surface area (Å²) in [7, 11) is 0. The standard InChI is InChI=1S/C20H29N3O2/c1-15-6-4-11-23(15)12-5-13-25-17-9-7-16(8-10-17)19-20(2,3)14-18(24)21-22-19/h7-10,15H,4-6,11-14H2,1-3H3,(H,21,24). The molecule has 136 valence electrons. The van der Waals surface area contributed by atoms with Crippen molar-refractivity contribution in [3.8, 4) is 5.75 Å². The van der Waals surface area contributed by atoms with Gasteiger partial charge in [0.2, 0.25) is 5.91 Å². The lowest BCUT2D eigenvalue weighted by molar-refractivity contribution is -0.122. The smallest absolute Gasteiger partial charge is 0.241 e. The number of hydrazone groups is 1. The SMILES string of the molecule is CC1CCCN1CCCOc1ccc(C2=NNC(=O)CC2(C)C)cc1. The molecule has 2 aliphatic rings. The van der Waals surface area contributed by atoms with Gasteiger partial charge >= 0.3 is 0 Å². The molecule has 3 rings (SSSR count). The van der Waals surface area contributed by atoms with Crippen LogP contribution in [0.5, 0.6) is 5.75 Å². The number of benzene rings is 1. The van der Waals surface area contributed by atoms with Crippen molar-refractivity contribution in [1.82, 2.24) is 10.3 Å². The Morgan fingerprint density at radius 1 is 1.32 bits per heavy atom. The first-order valence-electron chi connectivity index (χ1n) is 9.30. The van der Waals surface area contributed by atoms with Gasteiger partial charge in [-0.1, -0.05) is 13.8 Å². The Hall–Kier alpha value is -1.88. The molecule has 25 heavy (non-hydrogen) atoms. The van der Waals surface area contributed by atoms with Crippen LogP contribution in [0.4, 0.5) is 0 Å². The van der Waals surface area contributed by atoms with E-state index in [1.54, 1.807) is 0 Å². The number of carbonyl (C=O) groups excluding carboxylic acids is 1. The van der Waals surface area contributed by atoms with Gasteiger partial charge in [0.25, 0.3) is 0 Å². The van der Waals surface area contributed by atoms with Crippen molar-refractivity contribution >= 4 is 11.6 Å². The van der Waals surface area contributed by atoms with Crippen LogP contribution in [0, 0.1) is 5.41 Å². The first-order valence-corrected chi connectivity index (χ1v) is 9.30. The van der Waals surface area contributed by atoms with Crippen molar-refractivity contribution in [3.63, 3.8) is 0 Å². The molecule has 1 atom stereocenters. The van der Waals surface area contributed by atoms with Crippen LogP contribution < -0.4 is 10.2 Å². The van der Waals surface area contributed by atoms with Crippen molar-refractivity contribution in [3.05, 3.63) is 29.8 Å². The molecule has 1 aromatic carbocycles. The molecule has 1 fully saturated rings. The van der Waals surface area contributed by atoms with E-state index >= 15 is 0 Å². The molecule has 0 radical (unpaired) electrons. The van der Waals surface area contributed by atoms with Gasteiger partial charge < -0.3 is 9.64 Å². The van der Waals surface area contributed by atoms with Crippen molar-refractivity contribution in [2.45, 2.75) is 52.5 Å². The number of likely N-dealkylation sites (tertiary alicyclic amines) is 1. The van der Waals surface area contributed by atoms with Gasteiger partial charge in [-0.25, -0.2) is 5.43 Å². The first-order chi connectivity index (χ1) is 12.0. The highest BCUT2D eigenvalue weighted by Gasteiger charge is 2.32. The van der Waals surface area contributed by atoms with Gasteiger partial charge in [-0.15, -0.1) is 0 Å². The Morgan fingerprint density at radius 3 is 2.72 bits per heavy atom. The molecular formula is C20H29N3O2. The summed E-state index contributed by atoms with van der Waals surface area (Å²) in [5.74, 6) is 0.859. The van der Waals surface area contributed by atoms with Crippen LogP contribution in [0.15, 0.2) is 29.4 Å². The fourth-order valence-corrected chi connectivity index (χ4v) is 3.74. The summed E-state index contributed by atoms with van der Waals surface area (Å²) >= 11 is 0. The third kappa shape index (κ3) is 4.40. The van der Waals surface area contributed by atoms with Crippen LogP contribution in [0.25, 0.3) is 0 Å². The molecule has 2 aliphatic heterocycles. The zero-order valence-corrected chi connectivity index (χ0v) is 15.5. The van der Waals surface area contributed by atoms with E-state index in [1.165, 1.54) is 19.4 Å². The monoisotopic (exact) mass is 343 g/mol. The minimum Gasteiger partial charge on any atom is -0.494 e. The molecule has 2 heterocycles. The summed E-state index contributed by atoms with van der Waals surface area (Å²) < 4.78 is 5.88. The molecule has 1 unspecified atom stereocenters. The lowest BCUT2D eigenvalue weighted by atomic mass is 9.79. The molecule has 1 aromatic rings. The van der Waals surface area contributed by atoms with E-state index in [2.05, 4.69) is 22.4 Å². The van der Waals surface area contributed by atoms with E-state index in [0.29, 0.717) is 6.42 Å². The van der Waals surface area contributed by atoms with E-state index in [4.69, 9.17) is 4.74 Å². The van der Waals surface area contributed by atoms with Gasteiger partial charge in [-0.3, -0.25) is 4.79 Å². The predicted octanol–water partition coefficient (Wildman–Crippen LogP) is 3.19. The summed E-state index contributed by atoms with van der Waals surface area (Å²) in [4.78, 5) is 14.1. The predicted molar refractivity (Wildman–Crippen MR) is 99.9 cm³/mol. The normalized spacial score (nSPS) is 23.2. The van der Waals surface area contributed by atoms with Crippen LogP contribution in [0.2, 0.25) is 0 Å². The highest BCUT2D eigenvalue weighted by atomic mass is 16.5. The van der Waals surface area contributed by atoms with Gasteiger partial charge in [0, 0.05) is 24.4 Å². The first kappa shape index (κ1) is 17.9. The summed E-state index contributed by atoms with van der Waals surface area (Å²) in [6.07, 6.45) is 4.16. The lowest BCUT2D eigenvalue weighted by Crippen LogP contribution is -2.39. The molecule has 5 heteroatoms. The number of rotatable bonds is 6. The second-order valence-corrected chi connectivity index (χ2v) is 7.81. The molecule has 0 saturated carbocycles. The Bertz CT molecular complexity index is 637. The van der Waals surface area contributed by atoms with E-state index in [-0.39, 0.29) is 11.3 Å².